The van der Waals surface area contributed by atoms with Crippen LogP contribution in [0.1, 0.15) is 32.1 Å². The number of benzene rings is 1. The van der Waals surface area contributed by atoms with Crippen LogP contribution in [-0.4, -0.2) is 25.7 Å². The molecule has 1 aliphatic carbocycles. The zero-order chi connectivity index (χ0) is 14.6. The summed E-state index contributed by atoms with van der Waals surface area (Å²) in [6.07, 6.45) is 4.63. The van der Waals surface area contributed by atoms with Gasteiger partial charge in [0.2, 0.25) is 5.91 Å². The number of nitrogens with two attached hydrogens (primary N) is 1. The molecule has 118 valence electrons. The Balaban J connectivity index is 0.00000220. The quantitative estimate of drug-likeness (QED) is 0.896. The van der Waals surface area contributed by atoms with Gasteiger partial charge in [0.15, 0.2) is 0 Å². The molecular formula is C15H23ClN2O3. The molecule has 5 nitrogen and oxygen atoms in total. The molecule has 0 aliphatic heterocycles. The van der Waals surface area contributed by atoms with Crippen LogP contribution in [0.5, 0.6) is 11.5 Å². The smallest absolute Gasteiger partial charge is 0.244 e. The molecule has 0 saturated heterocycles. The number of rotatable bonds is 4. The number of hydrogen-bond donors (Lipinski definition) is 2. The van der Waals surface area contributed by atoms with Crippen LogP contribution in [0, 0.1) is 0 Å². The minimum Gasteiger partial charge on any atom is -0.497 e. The number of carbonyl (C=O) groups is 1. The fourth-order valence-corrected chi connectivity index (χ4v) is 2.54. The van der Waals surface area contributed by atoms with Crippen molar-refractivity contribution >= 4 is 24.0 Å². The molecule has 21 heavy (non-hydrogen) atoms. The van der Waals surface area contributed by atoms with Crippen LogP contribution in [0.2, 0.25) is 0 Å². The molecular weight excluding hydrogens is 292 g/mol. The molecule has 6 heteroatoms. The number of hydrogen-bond acceptors (Lipinski definition) is 4. The van der Waals surface area contributed by atoms with Crippen LogP contribution in [0.3, 0.4) is 0 Å². The van der Waals surface area contributed by atoms with E-state index in [2.05, 4.69) is 5.32 Å². The summed E-state index contributed by atoms with van der Waals surface area (Å²) in [5, 5.41) is 2.88. The Bertz CT molecular complexity index is 466. The van der Waals surface area contributed by atoms with Gasteiger partial charge in [-0.25, -0.2) is 0 Å². The average Bonchev–Trinajstić information content (AvgIpc) is 2.47. The highest BCUT2D eigenvalue weighted by Crippen LogP contribution is 2.29. The lowest BCUT2D eigenvalue weighted by Crippen LogP contribution is -2.52. The maximum atomic E-state index is 12.4. The second-order valence-electron chi connectivity index (χ2n) is 5.27. The first-order valence-corrected chi connectivity index (χ1v) is 6.91. The first-order valence-electron chi connectivity index (χ1n) is 6.91. The van der Waals surface area contributed by atoms with Gasteiger partial charge in [-0.05, 0) is 12.8 Å². The lowest BCUT2D eigenvalue weighted by atomic mass is 9.82. The third-order valence-corrected chi connectivity index (χ3v) is 3.81. The Hall–Kier alpha value is -1.46. The zero-order valence-corrected chi connectivity index (χ0v) is 13.3. The zero-order valence-electron chi connectivity index (χ0n) is 12.5. The fourth-order valence-electron chi connectivity index (χ4n) is 2.54. The molecule has 1 saturated carbocycles. The van der Waals surface area contributed by atoms with Gasteiger partial charge in [-0.1, -0.05) is 19.3 Å². The van der Waals surface area contributed by atoms with Gasteiger partial charge in [-0.2, -0.15) is 0 Å². The first-order chi connectivity index (χ1) is 9.57. The molecule has 1 amide bonds. The van der Waals surface area contributed by atoms with E-state index in [-0.39, 0.29) is 18.3 Å². The van der Waals surface area contributed by atoms with Gasteiger partial charge in [0.1, 0.15) is 11.5 Å². The molecule has 0 bridgehead atoms. The van der Waals surface area contributed by atoms with Gasteiger partial charge in [-0.3, -0.25) is 4.79 Å². The van der Waals surface area contributed by atoms with E-state index in [0.29, 0.717) is 17.2 Å². The van der Waals surface area contributed by atoms with Crippen LogP contribution in [0.25, 0.3) is 0 Å². The number of anilines is 1. The van der Waals surface area contributed by atoms with Gasteiger partial charge < -0.3 is 20.5 Å². The minimum atomic E-state index is -0.755. The van der Waals surface area contributed by atoms with E-state index < -0.39 is 5.54 Å². The second kappa shape index (κ2) is 7.52. The van der Waals surface area contributed by atoms with E-state index in [1.54, 1.807) is 32.4 Å². The van der Waals surface area contributed by atoms with Crippen LogP contribution in [0.4, 0.5) is 5.69 Å². The van der Waals surface area contributed by atoms with Gasteiger partial charge in [0.25, 0.3) is 0 Å². The molecule has 0 aromatic heterocycles. The second-order valence-corrected chi connectivity index (χ2v) is 5.27. The van der Waals surface area contributed by atoms with E-state index in [1.165, 1.54) is 0 Å². The fraction of sp³-hybridized carbons (Fsp3) is 0.533. The third-order valence-electron chi connectivity index (χ3n) is 3.81. The molecule has 2 rings (SSSR count). The number of ether oxygens (including phenoxy) is 2. The van der Waals surface area contributed by atoms with Gasteiger partial charge in [0, 0.05) is 23.9 Å². The van der Waals surface area contributed by atoms with Crippen LogP contribution in [0.15, 0.2) is 18.2 Å². The monoisotopic (exact) mass is 314 g/mol. The highest BCUT2D eigenvalue weighted by Gasteiger charge is 2.35. The highest BCUT2D eigenvalue weighted by molar-refractivity contribution is 5.98. The number of halogens is 1. The molecule has 1 aliphatic rings. The van der Waals surface area contributed by atoms with Crippen molar-refractivity contribution in [2.24, 2.45) is 5.73 Å². The first kappa shape index (κ1) is 17.6. The predicted octanol–water partition coefficient (Wildman–Crippen LogP) is 2.73. The Kier molecular flexibility index (Phi) is 6.30. The van der Waals surface area contributed by atoms with E-state index in [4.69, 9.17) is 15.2 Å². The molecule has 0 unspecified atom stereocenters. The Morgan fingerprint density at radius 2 is 1.62 bits per heavy atom. The standard InChI is InChI=1S/C15H22N2O3.ClH/c1-19-12-8-11(9-13(10-12)20-2)17-14(18)15(16)6-4-3-5-7-15;/h8-10H,3-7,16H2,1-2H3,(H,17,18);1H. The van der Waals surface area contributed by atoms with Crippen molar-refractivity contribution in [3.8, 4) is 11.5 Å². The van der Waals surface area contributed by atoms with Crippen molar-refractivity contribution in [2.45, 2.75) is 37.6 Å². The summed E-state index contributed by atoms with van der Waals surface area (Å²) in [7, 11) is 3.15. The normalized spacial score (nSPS) is 16.5. The topological polar surface area (TPSA) is 73.6 Å². The molecule has 3 N–H and O–H groups in total. The SMILES string of the molecule is COc1cc(NC(=O)C2(N)CCCCC2)cc(OC)c1.Cl. The largest absolute Gasteiger partial charge is 0.497 e. The van der Waals surface area contributed by atoms with Crippen molar-refractivity contribution < 1.29 is 14.3 Å². The summed E-state index contributed by atoms with van der Waals surface area (Å²) < 4.78 is 10.4. The molecule has 1 aromatic carbocycles. The molecule has 0 heterocycles. The summed E-state index contributed by atoms with van der Waals surface area (Å²) in [5.74, 6) is 1.14. The van der Waals surface area contributed by atoms with Crippen molar-refractivity contribution in [3.63, 3.8) is 0 Å². The maximum absolute atomic E-state index is 12.4. The lowest BCUT2D eigenvalue weighted by molar-refractivity contribution is -0.122. The summed E-state index contributed by atoms with van der Waals surface area (Å²) in [4.78, 5) is 12.4. The summed E-state index contributed by atoms with van der Waals surface area (Å²) >= 11 is 0. The van der Waals surface area contributed by atoms with Crippen LogP contribution >= 0.6 is 12.4 Å². The summed E-state index contributed by atoms with van der Waals surface area (Å²) in [5.41, 5.74) is 6.10. The molecule has 0 spiro atoms. The van der Waals surface area contributed by atoms with Crippen molar-refractivity contribution in [1.82, 2.24) is 0 Å². The Labute approximate surface area is 131 Å². The summed E-state index contributed by atoms with van der Waals surface area (Å²) in [6, 6.07) is 5.27. The van der Waals surface area contributed by atoms with E-state index in [0.717, 1.165) is 32.1 Å². The van der Waals surface area contributed by atoms with Gasteiger partial charge in [0.05, 0.1) is 19.8 Å². The Morgan fingerprint density at radius 3 is 2.10 bits per heavy atom. The van der Waals surface area contributed by atoms with Gasteiger partial charge >= 0.3 is 0 Å². The maximum Gasteiger partial charge on any atom is 0.244 e. The van der Waals surface area contributed by atoms with E-state index in [9.17, 15) is 4.79 Å². The van der Waals surface area contributed by atoms with E-state index in [1.807, 2.05) is 0 Å². The van der Waals surface area contributed by atoms with Gasteiger partial charge in [-0.15, -0.1) is 12.4 Å². The number of nitrogens with one attached hydrogen (secondary N) is 1. The molecule has 0 radical (unpaired) electrons. The lowest BCUT2D eigenvalue weighted by Gasteiger charge is -2.31. The Morgan fingerprint density at radius 1 is 1.10 bits per heavy atom. The molecule has 1 aromatic rings. The minimum absolute atomic E-state index is 0. The van der Waals surface area contributed by atoms with Crippen molar-refractivity contribution in [1.29, 1.82) is 0 Å². The van der Waals surface area contributed by atoms with E-state index >= 15 is 0 Å². The van der Waals surface area contributed by atoms with Crippen molar-refractivity contribution in [3.05, 3.63) is 18.2 Å². The third kappa shape index (κ3) is 4.25. The number of carbonyl (C=O) groups excluding carboxylic acids is 1. The summed E-state index contributed by atoms with van der Waals surface area (Å²) in [6.45, 7) is 0. The van der Waals surface area contributed by atoms with Crippen LogP contribution < -0.4 is 20.5 Å². The van der Waals surface area contributed by atoms with Crippen LogP contribution in [-0.2, 0) is 4.79 Å². The van der Waals surface area contributed by atoms with Crippen molar-refractivity contribution in [2.75, 3.05) is 19.5 Å². The molecule has 0 atom stereocenters. The number of methoxy groups -OCH3 is 2. The number of amides is 1. The predicted molar refractivity (Wildman–Crippen MR) is 85.4 cm³/mol. The highest BCUT2D eigenvalue weighted by atomic mass is 35.5. The molecule has 1 fully saturated rings. The average molecular weight is 315 g/mol.